The summed E-state index contributed by atoms with van der Waals surface area (Å²) < 4.78 is 26.0. The van der Waals surface area contributed by atoms with Crippen molar-refractivity contribution in [2.45, 2.75) is 45.8 Å². The first kappa shape index (κ1) is 27.0. The molecule has 33 heavy (non-hydrogen) atoms. The molecule has 0 heterocycles. The van der Waals surface area contributed by atoms with Crippen LogP contribution in [0.2, 0.25) is 10.0 Å². The lowest BCUT2D eigenvalue weighted by molar-refractivity contribution is -0.139. The number of nitrogens with zero attached hydrogens (tertiary/aromatic N) is 2. The van der Waals surface area contributed by atoms with Crippen LogP contribution >= 0.6 is 23.2 Å². The molecule has 0 aliphatic heterocycles. The Bertz CT molecular complexity index is 1090. The predicted octanol–water partition coefficient (Wildman–Crippen LogP) is 4.09. The molecule has 2 aromatic carbocycles. The van der Waals surface area contributed by atoms with Gasteiger partial charge in [0.05, 0.1) is 11.9 Å². The molecule has 0 spiro atoms. The van der Waals surface area contributed by atoms with Crippen molar-refractivity contribution >= 4 is 50.7 Å². The van der Waals surface area contributed by atoms with Crippen LogP contribution in [0.15, 0.2) is 48.5 Å². The van der Waals surface area contributed by atoms with Crippen LogP contribution in [-0.4, -0.2) is 50.0 Å². The van der Waals surface area contributed by atoms with Gasteiger partial charge in [-0.2, -0.15) is 0 Å². The Balaban J connectivity index is 2.40. The molecule has 0 bridgehead atoms. The maximum Gasteiger partial charge on any atom is 0.244 e. The number of carbonyl (C=O) groups excluding carboxylic acids is 2. The number of carbonyl (C=O) groups is 2. The van der Waals surface area contributed by atoms with Gasteiger partial charge in [-0.1, -0.05) is 54.4 Å². The van der Waals surface area contributed by atoms with Crippen LogP contribution in [0.5, 0.6) is 0 Å². The molecule has 0 aromatic heterocycles. The first-order chi connectivity index (χ1) is 15.4. The largest absolute Gasteiger partial charge is 0.352 e. The molecular formula is C23H29Cl2N3O4S. The number of halogens is 2. The lowest BCUT2D eigenvalue weighted by Gasteiger charge is -2.32. The van der Waals surface area contributed by atoms with Crippen LogP contribution in [0.1, 0.15) is 32.8 Å². The molecule has 0 fully saturated rings. The molecule has 2 amide bonds. The van der Waals surface area contributed by atoms with E-state index < -0.39 is 28.5 Å². The van der Waals surface area contributed by atoms with Crippen molar-refractivity contribution in [1.82, 2.24) is 10.2 Å². The molecule has 0 saturated carbocycles. The van der Waals surface area contributed by atoms with Crippen LogP contribution in [0.4, 0.5) is 5.69 Å². The van der Waals surface area contributed by atoms with Gasteiger partial charge in [0.2, 0.25) is 21.8 Å². The fraction of sp³-hybridized carbons (Fsp3) is 0.391. The Kier molecular flexibility index (Phi) is 9.57. The van der Waals surface area contributed by atoms with Crippen molar-refractivity contribution in [1.29, 1.82) is 0 Å². The number of amides is 2. The second kappa shape index (κ2) is 11.7. The molecule has 7 nitrogen and oxygen atoms in total. The first-order valence-corrected chi connectivity index (χ1v) is 13.1. The second-order valence-electron chi connectivity index (χ2n) is 7.86. The molecule has 0 aliphatic rings. The van der Waals surface area contributed by atoms with Crippen molar-refractivity contribution < 1.29 is 18.0 Å². The number of benzene rings is 2. The summed E-state index contributed by atoms with van der Waals surface area (Å²) in [7, 11) is -3.81. The standard InChI is InChI=1S/C23H29Cl2N3O4S/c1-5-16(2)26-23(30)17(3)27(14-18-9-6-7-12-21(18)25)22(29)15-28(33(4,31)32)20-11-8-10-19(24)13-20/h6-13,16-17H,5,14-15H2,1-4H3,(H,26,30)/t16-,17+/m0/s1. The zero-order valence-corrected chi connectivity index (χ0v) is 21.4. The SMILES string of the molecule is CC[C@H](C)NC(=O)[C@@H](C)N(Cc1ccccc1Cl)C(=O)CN(c1cccc(Cl)c1)S(C)(=O)=O. The minimum Gasteiger partial charge on any atom is -0.352 e. The van der Waals surface area contributed by atoms with Gasteiger partial charge < -0.3 is 10.2 Å². The van der Waals surface area contributed by atoms with Crippen LogP contribution in [0.25, 0.3) is 0 Å². The summed E-state index contributed by atoms with van der Waals surface area (Å²) in [6, 6.07) is 12.3. The summed E-state index contributed by atoms with van der Waals surface area (Å²) in [5.74, 6) is -0.884. The van der Waals surface area contributed by atoms with Gasteiger partial charge in [-0.05, 0) is 50.1 Å². The molecule has 1 N–H and O–H groups in total. The Labute approximate surface area is 205 Å². The number of hydrogen-bond donors (Lipinski definition) is 1. The maximum absolute atomic E-state index is 13.4. The van der Waals surface area contributed by atoms with E-state index in [0.29, 0.717) is 15.6 Å². The third-order valence-electron chi connectivity index (χ3n) is 5.24. The number of hydrogen-bond acceptors (Lipinski definition) is 4. The topological polar surface area (TPSA) is 86.8 Å². The molecule has 2 atom stereocenters. The predicted molar refractivity (Wildman–Crippen MR) is 133 cm³/mol. The Morgan fingerprint density at radius 3 is 2.30 bits per heavy atom. The smallest absolute Gasteiger partial charge is 0.244 e. The number of anilines is 1. The van der Waals surface area contributed by atoms with E-state index in [9.17, 15) is 18.0 Å². The molecule has 0 aliphatic carbocycles. The van der Waals surface area contributed by atoms with E-state index in [1.165, 1.54) is 11.0 Å². The normalized spacial score (nSPS) is 13.2. The minimum atomic E-state index is -3.81. The van der Waals surface area contributed by atoms with E-state index >= 15 is 0 Å². The number of rotatable bonds is 10. The molecule has 180 valence electrons. The summed E-state index contributed by atoms with van der Waals surface area (Å²) in [6.07, 6.45) is 1.74. The molecule has 10 heteroatoms. The zero-order valence-electron chi connectivity index (χ0n) is 19.1. The molecule has 0 unspecified atom stereocenters. The number of sulfonamides is 1. The summed E-state index contributed by atoms with van der Waals surface area (Å²) in [5, 5.41) is 3.65. The fourth-order valence-corrected chi connectivity index (χ4v) is 4.32. The Morgan fingerprint density at radius 2 is 1.73 bits per heavy atom. The zero-order chi connectivity index (χ0) is 24.8. The highest BCUT2D eigenvalue weighted by molar-refractivity contribution is 7.92. The average Bonchev–Trinajstić information content (AvgIpc) is 2.75. The molecule has 2 aromatic rings. The van der Waals surface area contributed by atoms with Crippen molar-refractivity contribution in [3.05, 3.63) is 64.1 Å². The van der Waals surface area contributed by atoms with Crippen LogP contribution in [0, 0.1) is 0 Å². The minimum absolute atomic E-state index is 0.0424. The van der Waals surface area contributed by atoms with Gasteiger partial charge in [-0.3, -0.25) is 13.9 Å². The van der Waals surface area contributed by atoms with Gasteiger partial charge in [-0.25, -0.2) is 8.42 Å². The summed E-state index contributed by atoms with van der Waals surface area (Å²) in [6.45, 7) is 4.97. The van der Waals surface area contributed by atoms with Crippen LogP contribution in [0.3, 0.4) is 0 Å². The van der Waals surface area contributed by atoms with E-state index in [-0.39, 0.29) is 24.2 Å². The van der Waals surface area contributed by atoms with Crippen molar-refractivity contribution in [3.63, 3.8) is 0 Å². The average molecular weight is 514 g/mol. The summed E-state index contributed by atoms with van der Waals surface area (Å²) in [5.41, 5.74) is 0.900. The molecular weight excluding hydrogens is 485 g/mol. The van der Waals surface area contributed by atoms with Gasteiger partial charge in [0.15, 0.2) is 0 Å². The van der Waals surface area contributed by atoms with Crippen molar-refractivity contribution in [2.75, 3.05) is 17.1 Å². The fourth-order valence-electron chi connectivity index (χ4n) is 3.10. The van der Waals surface area contributed by atoms with E-state index in [2.05, 4.69) is 5.32 Å². The van der Waals surface area contributed by atoms with Crippen molar-refractivity contribution in [3.8, 4) is 0 Å². The lowest BCUT2D eigenvalue weighted by atomic mass is 10.1. The van der Waals surface area contributed by atoms with Gasteiger partial charge >= 0.3 is 0 Å². The van der Waals surface area contributed by atoms with Gasteiger partial charge in [0, 0.05) is 22.6 Å². The second-order valence-corrected chi connectivity index (χ2v) is 10.6. The third-order valence-corrected chi connectivity index (χ3v) is 6.99. The first-order valence-electron chi connectivity index (χ1n) is 10.5. The van der Waals surface area contributed by atoms with E-state index in [4.69, 9.17) is 23.2 Å². The van der Waals surface area contributed by atoms with Gasteiger partial charge in [-0.15, -0.1) is 0 Å². The molecule has 0 saturated heterocycles. The highest BCUT2D eigenvalue weighted by atomic mass is 35.5. The van der Waals surface area contributed by atoms with E-state index in [1.807, 2.05) is 13.8 Å². The van der Waals surface area contributed by atoms with Gasteiger partial charge in [0.25, 0.3) is 0 Å². The van der Waals surface area contributed by atoms with E-state index in [1.54, 1.807) is 49.4 Å². The van der Waals surface area contributed by atoms with Crippen LogP contribution < -0.4 is 9.62 Å². The van der Waals surface area contributed by atoms with Crippen LogP contribution in [-0.2, 0) is 26.2 Å². The highest BCUT2D eigenvalue weighted by Gasteiger charge is 2.30. The highest BCUT2D eigenvalue weighted by Crippen LogP contribution is 2.23. The summed E-state index contributed by atoms with van der Waals surface area (Å²) >= 11 is 12.3. The Hall–Kier alpha value is -2.29. The molecule has 2 rings (SSSR count). The lowest BCUT2D eigenvalue weighted by Crippen LogP contribution is -2.52. The van der Waals surface area contributed by atoms with Gasteiger partial charge in [0.1, 0.15) is 12.6 Å². The quantitative estimate of drug-likeness (QED) is 0.518. The Morgan fingerprint density at radius 1 is 1.06 bits per heavy atom. The molecule has 0 radical (unpaired) electrons. The van der Waals surface area contributed by atoms with E-state index in [0.717, 1.165) is 17.0 Å². The van der Waals surface area contributed by atoms with Crippen molar-refractivity contribution in [2.24, 2.45) is 0 Å². The monoisotopic (exact) mass is 513 g/mol. The number of nitrogens with one attached hydrogen (secondary N) is 1. The third kappa shape index (κ3) is 7.62. The summed E-state index contributed by atoms with van der Waals surface area (Å²) in [4.78, 5) is 27.6. The maximum atomic E-state index is 13.4.